The first kappa shape index (κ1) is 93.7. The maximum atomic E-state index is 13.1. The summed E-state index contributed by atoms with van der Waals surface area (Å²) in [6.07, 6.45) is 75.0. The Morgan fingerprint density at radius 3 is 0.816 bits per heavy atom. The lowest BCUT2D eigenvalue weighted by Crippen LogP contribution is -2.30. The number of allylic oxidation sites excluding steroid dienone is 18. The Balaban J connectivity index is 5.38. The topological polar surface area (TPSA) is 237 Å². The van der Waals surface area contributed by atoms with Gasteiger partial charge >= 0.3 is 39.5 Å². The van der Waals surface area contributed by atoms with E-state index >= 15 is 0 Å². The summed E-state index contributed by atoms with van der Waals surface area (Å²) >= 11 is 0. The molecule has 3 N–H and O–H groups in total. The molecule has 98 heavy (non-hydrogen) atoms. The molecule has 0 aliphatic carbocycles. The number of unbranched alkanes of at least 4 members (excludes halogenated alkanes) is 27. The van der Waals surface area contributed by atoms with Crippen molar-refractivity contribution in [3.63, 3.8) is 0 Å². The molecule has 19 heteroatoms. The number of esters is 4. The van der Waals surface area contributed by atoms with Crippen LogP contribution in [-0.2, 0) is 65.4 Å². The van der Waals surface area contributed by atoms with Gasteiger partial charge in [0.25, 0.3) is 0 Å². The minimum atomic E-state index is -4.98. The summed E-state index contributed by atoms with van der Waals surface area (Å²) < 4.78 is 68.5. The molecule has 0 radical (unpaired) electrons. The standard InChI is InChI=1S/C79H136O17P2/c1-5-9-13-17-21-25-29-33-36-40-43-47-51-55-59-63-76(81)89-69-74(95-78(83)65-61-57-53-49-45-39-32-28-24-20-16-12-8-4)71-93-97(85,86)91-67-73(80)68-92-98(87,88)94-72-75(96-79(84)66-62-58-54-50-46-42-38-35-31-27-23-19-15-11-7-3)70-90-77(82)64-60-56-52-48-44-41-37-34-30-26-22-18-14-10-6-2/h9-11,13-15,21-23,25-27,33-38,73-75,80H,5-8,12,16-20,24,28-32,39-72H2,1-4H3,(H,85,86)(H,87,88)/b13-9-,14-10-,15-11-,25-21-,26-22-,27-23-,36-33-,37-34-,38-35-. The number of rotatable bonds is 71. The Morgan fingerprint density at radius 2 is 0.531 bits per heavy atom. The van der Waals surface area contributed by atoms with E-state index < -0.39 is 97.5 Å². The Morgan fingerprint density at radius 1 is 0.296 bits per heavy atom. The molecule has 0 amide bonds. The zero-order valence-electron chi connectivity index (χ0n) is 61.4. The lowest BCUT2D eigenvalue weighted by Gasteiger charge is -2.21. The highest BCUT2D eigenvalue weighted by molar-refractivity contribution is 7.47. The lowest BCUT2D eigenvalue weighted by atomic mass is 10.0. The molecule has 0 saturated heterocycles. The molecular formula is C79H136O17P2. The highest BCUT2D eigenvalue weighted by Gasteiger charge is 2.30. The van der Waals surface area contributed by atoms with Crippen LogP contribution in [0.2, 0.25) is 0 Å². The predicted molar refractivity (Wildman–Crippen MR) is 399 cm³/mol. The Bertz CT molecular complexity index is 2290. The summed E-state index contributed by atoms with van der Waals surface area (Å²) in [5.41, 5.74) is 0. The van der Waals surface area contributed by atoms with Gasteiger partial charge in [0.1, 0.15) is 19.3 Å². The van der Waals surface area contributed by atoms with Gasteiger partial charge in [0.05, 0.1) is 26.4 Å². The van der Waals surface area contributed by atoms with E-state index in [1.807, 2.05) is 0 Å². The average molecular weight is 1420 g/mol. The normalized spacial score (nSPS) is 14.6. The third kappa shape index (κ3) is 70.2. The highest BCUT2D eigenvalue weighted by atomic mass is 31.2. The van der Waals surface area contributed by atoms with Crippen molar-refractivity contribution in [3.8, 4) is 0 Å². The van der Waals surface area contributed by atoms with Crippen molar-refractivity contribution in [2.45, 2.75) is 329 Å². The number of hydrogen-bond acceptors (Lipinski definition) is 15. The molecule has 17 nitrogen and oxygen atoms in total. The number of phosphoric ester groups is 2. The van der Waals surface area contributed by atoms with Crippen molar-refractivity contribution in [3.05, 3.63) is 109 Å². The first-order chi connectivity index (χ1) is 47.7. The van der Waals surface area contributed by atoms with E-state index in [0.717, 1.165) is 180 Å². The summed E-state index contributed by atoms with van der Waals surface area (Å²) in [5, 5.41) is 10.6. The molecule has 0 rings (SSSR count). The number of carbonyl (C=O) groups excluding carboxylic acids is 4. The monoisotopic (exact) mass is 1420 g/mol. The van der Waals surface area contributed by atoms with Gasteiger partial charge in [-0.25, -0.2) is 9.13 Å². The molecule has 0 aromatic rings. The van der Waals surface area contributed by atoms with Crippen LogP contribution in [0, 0.1) is 0 Å². The van der Waals surface area contributed by atoms with Gasteiger partial charge < -0.3 is 33.8 Å². The average Bonchev–Trinajstić information content (AvgIpc) is 1.04. The highest BCUT2D eigenvalue weighted by Crippen LogP contribution is 2.45. The van der Waals surface area contributed by atoms with Gasteiger partial charge in [-0.15, -0.1) is 0 Å². The second kappa shape index (κ2) is 71.1. The first-order valence-electron chi connectivity index (χ1n) is 38.1. The minimum absolute atomic E-state index is 0.0703. The number of aliphatic hydroxyl groups excluding tert-OH is 1. The maximum absolute atomic E-state index is 13.1. The number of ether oxygens (including phenoxy) is 4. The van der Waals surface area contributed by atoms with Crippen LogP contribution >= 0.6 is 15.6 Å². The van der Waals surface area contributed by atoms with Gasteiger partial charge in [-0.05, 0) is 122 Å². The summed E-state index contributed by atoms with van der Waals surface area (Å²) in [6.45, 7) is 4.50. The molecular weight excluding hydrogens is 1280 g/mol. The maximum Gasteiger partial charge on any atom is 0.472 e. The summed E-state index contributed by atoms with van der Waals surface area (Å²) in [4.78, 5) is 72.9. The Labute approximate surface area is 594 Å². The molecule has 5 atom stereocenters. The number of aliphatic hydroxyl groups is 1. The predicted octanol–water partition coefficient (Wildman–Crippen LogP) is 21.8. The van der Waals surface area contributed by atoms with E-state index in [1.54, 1.807) is 0 Å². The lowest BCUT2D eigenvalue weighted by molar-refractivity contribution is -0.161. The summed E-state index contributed by atoms with van der Waals surface area (Å²) in [7, 11) is -9.96. The molecule has 0 spiro atoms. The third-order valence-electron chi connectivity index (χ3n) is 15.7. The van der Waals surface area contributed by atoms with Gasteiger partial charge in [0, 0.05) is 25.7 Å². The van der Waals surface area contributed by atoms with Gasteiger partial charge in [0.2, 0.25) is 0 Å². The second-order valence-corrected chi connectivity index (χ2v) is 28.1. The molecule has 5 unspecified atom stereocenters. The van der Waals surface area contributed by atoms with Crippen molar-refractivity contribution in [2.75, 3.05) is 39.6 Å². The minimum Gasteiger partial charge on any atom is -0.462 e. The molecule has 0 heterocycles. The largest absolute Gasteiger partial charge is 0.472 e. The molecule has 564 valence electrons. The van der Waals surface area contributed by atoms with Gasteiger partial charge in [0.15, 0.2) is 12.2 Å². The fourth-order valence-corrected chi connectivity index (χ4v) is 11.6. The molecule has 0 fully saturated rings. The van der Waals surface area contributed by atoms with Crippen molar-refractivity contribution >= 4 is 39.5 Å². The molecule has 0 aliphatic rings. The van der Waals surface area contributed by atoms with Crippen LogP contribution in [0.3, 0.4) is 0 Å². The van der Waals surface area contributed by atoms with Crippen LogP contribution in [0.4, 0.5) is 0 Å². The van der Waals surface area contributed by atoms with Crippen LogP contribution in [0.15, 0.2) is 109 Å². The van der Waals surface area contributed by atoms with Crippen molar-refractivity contribution in [1.29, 1.82) is 0 Å². The van der Waals surface area contributed by atoms with Gasteiger partial charge in [-0.2, -0.15) is 0 Å². The number of carbonyl (C=O) groups is 4. The SMILES string of the molecule is CC/C=C\C/C=C\C/C=C\CCCCCCCC(=O)OCC(COP(=O)(O)OCC(O)COP(=O)(O)OCC(COC(=O)CCCCCCC/C=C\C/C=C\C/C=C\CC)OC(=O)CCCCCCCCCCCCCCC)OC(=O)CCCCCCC/C=C\C/C=C\C/C=C\CC. The fraction of sp³-hybridized carbons (Fsp3) is 0.722. The van der Waals surface area contributed by atoms with Crippen LogP contribution in [0.1, 0.15) is 310 Å². The Kier molecular flexibility index (Phi) is 68.0. The van der Waals surface area contributed by atoms with E-state index in [-0.39, 0.29) is 25.7 Å². The number of hydrogen-bond donors (Lipinski definition) is 3. The van der Waals surface area contributed by atoms with E-state index in [4.69, 9.17) is 37.0 Å². The summed E-state index contributed by atoms with van der Waals surface area (Å²) in [6, 6.07) is 0. The van der Waals surface area contributed by atoms with E-state index in [0.29, 0.717) is 25.7 Å². The second-order valence-electron chi connectivity index (χ2n) is 25.2. The summed E-state index contributed by atoms with van der Waals surface area (Å²) in [5.74, 6) is -2.22. The van der Waals surface area contributed by atoms with E-state index in [2.05, 4.69) is 137 Å². The van der Waals surface area contributed by atoms with Crippen molar-refractivity contribution < 1.29 is 80.2 Å². The first-order valence-corrected chi connectivity index (χ1v) is 41.1. The van der Waals surface area contributed by atoms with Gasteiger partial charge in [-0.3, -0.25) is 37.3 Å². The molecule has 0 bridgehead atoms. The smallest absolute Gasteiger partial charge is 0.462 e. The zero-order valence-corrected chi connectivity index (χ0v) is 63.2. The van der Waals surface area contributed by atoms with Crippen molar-refractivity contribution in [1.82, 2.24) is 0 Å². The molecule has 0 aromatic carbocycles. The third-order valence-corrected chi connectivity index (χ3v) is 17.6. The molecule has 0 aliphatic heterocycles. The fourth-order valence-electron chi connectivity index (χ4n) is 10.0. The molecule has 0 saturated carbocycles. The van der Waals surface area contributed by atoms with E-state index in [1.165, 1.54) is 51.4 Å². The van der Waals surface area contributed by atoms with Crippen LogP contribution in [-0.4, -0.2) is 96.7 Å². The van der Waals surface area contributed by atoms with Crippen LogP contribution in [0.5, 0.6) is 0 Å². The molecule has 0 aromatic heterocycles. The quantitative estimate of drug-likeness (QED) is 0.0169. The van der Waals surface area contributed by atoms with Crippen LogP contribution < -0.4 is 0 Å². The zero-order chi connectivity index (χ0) is 71.8. The van der Waals surface area contributed by atoms with Gasteiger partial charge in [-0.1, -0.05) is 272 Å². The van der Waals surface area contributed by atoms with Crippen LogP contribution in [0.25, 0.3) is 0 Å². The number of phosphoric acid groups is 2. The van der Waals surface area contributed by atoms with E-state index in [9.17, 15) is 43.2 Å². The van der Waals surface area contributed by atoms with Crippen molar-refractivity contribution in [2.24, 2.45) is 0 Å². The Hall–Kier alpha value is -4.28.